The quantitative estimate of drug-likeness (QED) is 0.203. The number of aliphatic hydroxyl groups is 1. The number of rotatable bonds is 15. The maximum atomic E-state index is 13.8. The summed E-state index contributed by atoms with van der Waals surface area (Å²) in [6, 6.07) is 5.93. The van der Waals surface area contributed by atoms with E-state index in [-0.39, 0.29) is 49.6 Å². The number of carbonyl (C=O) groups is 4. The number of unbranched alkanes of at least 4 members (excludes halogenated alkanes) is 5. The van der Waals surface area contributed by atoms with Gasteiger partial charge in [0.1, 0.15) is 12.1 Å². The lowest BCUT2D eigenvalue weighted by atomic mass is 9.85. The number of carboxylic acids is 1. The number of nitrogens with zero attached hydrogens (tertiary/aromatic N) is 2. The summed E-state index contributed by atoms with van der Waals surface area (Å²) in [6.07, 6.45) is 4.64. The Morgan fingerprint density at radius 2 is 1.61 bits per heavy atom. The van der Waals surface area contributed by atoms with Crippen molar-refractivity contribution in [3.8, 4) is 10.4 Å². The van der Waals surface area contributed by atoms with Crippen LogP contribution in [0.4, 0.5) is 0 Å². The van der Waals surface area contributed by atoms with Crippen molar-refractivity contribution in [3.63, 3.8) is 0 Å². The molecular formula is C33H48N4O6S. The number of aliphatic carboxylic acids is 1. The summed E-state index contributed by atoms with van der Waals surface area (Å²) < 4.78 is 0. The van der Waals surface area contributed by atoms with Crippen molar-refractivity contribution in [1.29, 1.82) is 0 Å². The molecule has 4 atom stereocenters. The predicted molar refractivity (Wildman–Crippen MR) is 171 cm³/mol. The van der Waals surface area contributed by atoms with E-state index >= 15 is 0 Å². The molecule has 3 rings (SSSR count). The number of aromatic nitrogens is 1. The summed E-state index contributed by atoms with van der Waals surface area (Å²) >= 11 is 1.58. The summed E-state index contributed by atoms with van der Waals surface area (Å²) in [5, 5.41) is 25.1. The molecule has 2 heterocycles. The molecule has 1 saturated heterocycles. The van der Waals surface area contributed by atoms with Gasteiger partial charge < -0.3 is 25.7 Å². The van der Waals surface area contributed by atoms with E-state index in [0.717, 1.165) is 47.4 Å². The molecule has 242 valence electrons. The molecule has 1 unspecified atom stereocenters. The van der Waals surface area contributed by atoms with Gasteiger partial charge in [0.2, 0.25) is 17.7 Å². The van der Waals surface area contributed by atoms with E-state index in [9.17, 15) is 24.3 Å². The van der Waals surface area contributed by atoms with E-state index < -0.39 is 29.6 Å². The fourth-order valence-corrected chi connectivity index (χ4v) is 6.33. The van der Waals surface area contributed by atoms with Crippen LogP contribution in [0.1, 0.15) is 103 Å². The lowest BCUT2D eigenvalue weighted by Gasteiger charge is -2.35. The molecule has 2 aromatic rings. The van der Waals surface area contributed by atoms with Gasteiger partial charge in [-0.25, -0.2) is 4.98 Å². The molecular weight excluding hydrogens is 580 g/mol. The van der Waals surface area contributed by atoms with E-state index in [0.29, 0.717) is 12.8 Å². The van der Waals surface area contributed by atoms with E-state index in [1.807, 2.05) is 64.4 Å². The monoisotopic (exact) mass is 628 g/mol. The van der Waals surface area contributed by atoms with Gasteiger partial charge in [-0.1, -0.05) is 70.7 Å². The van der Waals surface area contributed by atoms with Crippen molar-refractivity contribution >= 4 is 35.0 Å². The molecule has 11 heteroatoms. The number of likely N-dealkylation sites (tertiary alicyclic amines) is 1. The Balaban J connectivity index is 1.57. The first kappa shape index (κ1) is 35.2. The molecule has 44 heavy (non-hydrogen) atoms. The lowest BCUT2D eigenvalue weighted by molar-refractivity contribution is -0.144. The van der Waals surface area contributed by atoms with Gasteiger partial charge in [0, 0.05) is 25.8 Å². The molecule has 0 radical (unpaired) electrons. The summed E-state index contributed by atoms with van der Waals surface area (Å²) in [5.41, 5.74) is 4.15. The highest BCUT2D eigenvalue weighted by atomic mass is 32.1. The average Bonchev–Trinajstić information content (AvgIpc) is 3.57. The zero-order valence-corrected chi connectivity index (χ0v) is 27.4. The van der Waals surface area contributed by atoms with Gasteiger partial charge in [-0.15, -0.1) is 11.3 Å². The SMILES string of the molecule is Cc1ncsc1-c1ccc([C@H](C)NC(=O)C2C[C@@H](O)CN2C(=O)[C@@H](NC(=O)CCCCCCCCC(=O)O)C(C)(C)C)cc1. The number of hydrogen-bond acceptors (Lipinski definition) is 7. The number of benzene rings is 1. The van der Waals surface area contributed by atoms with Gasteiger partial charge in [-0.05, 0) is 43.2 Å². The van der Waals surface area contributed by atoms with Gasteiger partial charge in [-0.3, -0.25) is 19.2 Å². The van der Waals surface area contributed by atoms with Gasteiger partial charge in [0.25, 0.3) is 0 Å². The number of amides is 3. The Morgan fingerprint density at radius 3 is 2.18 bits per heavy atom. The first-order valence-corrected chi connectivity index (χ1v) is 16.5. The maximum Gasteiger partial charge on any atom is 0.303 e. The van der Waals surface area contributed by atoms with Crippen LogP contribution < -0.4 is 10.6 Å². The predicted octanol–water partition coefficient (Wildman–Crippen LogP) is 4.99. The van der Waals surface area contributed by atoms with Gasteiger partial charge in [0.05, 0.1) is 28.2 Å². The second kappa shape index (κ2) is 16.1. The van der Waals surface area contributed by atoms with Crippen LogP contribution in [0.2, 0.25) is 0 Å². The minimum absolute atomic E-state index is 0.0263. The number of aryl methyl sites for hydroxylation is 1. The highest BCUT2D eigenvalue weighted by Crippen LogP contribution is 2.29. The number of hydrogen-bond donors (Lipinski definition) is 4. The molecule has 1 aliphatic rings. The van der Waals surface area contributed by atoms with Crippen LogP contribution in [0.5, 0.6) is 0 Å². The molecule has 0 saturated carbocycles. The van der Waals surface area contributed by atoms with Crippen molar-refractivity contribution in [2.45, 2.75) is 117 Å². The Labute approximate surface area is 264 Å². The molecule has 1 fully saturated rings. The van der Waals surface area contributed by atoms with Crippen molar-refractivity contribution in [3.05, 3.63) is 41.0 Å². The Bertz CT molecular complexity index is 1270. The smallest absolute Gasteiger partial charge is 0.303 e. The van der Waals surface area contributed by atoms with Crippen LogP contribution in [0.15, 0.2) is 29.8 Å². The highest BCUT2D eigenvalue weighted by molar-refractivity contribution is 7.13. The molecule has 4 N–H and O–H groups in total. The normalized spacial score (nSPS) is 18.1. The molecule has 3 amide bonds. The second-order valence-electron chi connectivity index (χ2n) is 12.9. The number of β-amino-alcohol motifs (C(OH)–C–C–N with tert-alkyl or cyclic N) is 1. The van der Waals surface area contributed by atoms with Gasteiger partial charge >= 0.3 is 5.97 Å². The van der Waals surface area contributed by atoms with Crippen LogP contribution in [0.3, 0.4) is 0 Å². The van der Waals surface area contributed by atoms with E-state index in [1.54, 1.807) is 11.3 Å². The summed E-state index contributed by atoms with van der Waals surface area (Å²) in [4.78, 5) is 57.5. The first-order valence-electron chi connectivity index (χ1n) is 15.6. The first-order chi connectivity index (χ1) is 20.8. The van der Waals surface area contributed by atoms with E-state index in [4.69, 9.17) is 5.11 Å². The zero-order valence-electron chi connectivity index (χ0n) is 26.6. The summed E-state index contributed by atoms with van der Waals surface area (Å²) in [6.45, 7) is 9.49. The number of carbonyl (C=O) groups excluding carboxylic acids is 3. The number of nitrogens with one attached hydrogen (secondary N) is 2. The van der Waals surface area contributed by atoms with Gasteiger partial charge in [-0.2, -0.15) is 0 Å². The van der Waals surface area contributed by atoms with E-state index in [2.05, 4.69) is 15.6 Å². The fourth-order valence-electron chi connectivity index (χ4n) is 5.52. The third-order valence-corrected chi connectivity index (χ3v) is 9.08. The average molecular weight is 629 g/mol. The third kappa shape index (κ3) is 10.1. The molecule has 1 aromatic heterocycles. The topological polar surface area (TPSA) is 149 Å². The Hall–Kier alpha value is -3.31. The molecule has 10 nitrogen and oxygen atoms in total. The number of carboxylic acid groups (broad SMARTS) is 1. The largest absolute Gasteiger partial charge is 0.481 e. The van der Waals surface area contributed by atoms with Crippen molar-refractivity contribution in [2.24, 2.45) is 5.41 Å². The molecule has 1 aliphatic heterocycles. The summed E-state index contributed by atoms with van der Waals surface area (Å²) in [7, 11) is 0. The third-order valence-electron chi connectivity index (χ3n) is 8.10. The number of aliphatic hydroxyl groups excluding tert-OH is 1. The molecule has 0 aliphatic carbocycles. The van der Waals surface area contributed by atoms with Crippen molar-refractivity contribution in [1.82, 2.24) is 20.5 Å². The molecule has 0 spiro atoms. The van der Waals surface area contributed by atoms with Crippen molar-refractivity contribution in [2.75, 3.05) is 6.54 Å². The summed E-state index contributed by atoms with van der Waals surface area (Å²) in [5.74, 6) is -1.72. The van der Waals surface area contributed by atoms with Crippen LogP contribution in [-0.4, -0.2) is 68.5 Å². The maximum absolute atomic E-state index is 13.8. The highest BCUT2D eigenvalue weighted by Gasteiger charge is 2.44. The minimum Gasteiger partial charge on any atom is -0.481 e. The van der Waals surface area contributed by atoms with Crippen molar-refractivity contribution < 1.29 is 29.4 Å². The van der Waals surface area contributed by atoms with Crippen LogP contribution in [-0.2, 0) is 19.2 Å². The fraction of sp³-hybridized carbons (Fsp3) is 0.606. The standard InChI is InChI=1S/C33H48N4O6S/c1-21(23-14-16-24(17-15-23)29-22(2)34-20-44-29)35-31(42)26-18-25(38)19-37(26)32(43)30(33(3,4)5)36-27(39)12-10-8-6-7-9-11-13-28(40)41/h14-17,20-21,25-26,30,38H,6-13,18-19H2,1-5H3,(H,35,42)(H,36,39)(H,40,41)/t21-,25+,26?,30+/m0/s1. The number of thiazole rings is 1. The Morgan fingerprint density at radius 1 is 1.00 bits per heavy atom. The zero-order chi connectivity index (χ0) is 32.4. The molecule has 0 bridgehead atoms. The van der Waals surface area contributed by atoms with Crippen LogP contribution >= 0.6 is 11.3 Å². The minimum atomic E-state index is -0.855. The van der Waals surface area contributed by atoms with Crippen LogP contribution in [0.25, 0.3) is 10.4 Å². The van der Waals surface area contributed by atoms with E-state index in [1.165, 1.54) is 4.90 Å². The van der Waals surface area contributed by atoms with Gasteiger partial charge in [0.15, 0.2) is 0 Å². The second-order valence-corrected chi connectivity index (χ2v) is 13.8. The van der Waals surface area contributed by atoms with Crippen LogP contribution in [0, 0.1) is 12.3 Å². The molecule has 1 aromatic carbocycles. The Kier molecular flexibility index (Phi) is 12.9. The lowest BCUT2D eigenvalue weighted by Crippen LogP contribution is -2.57.